The summed E-state index contributed by atoms with van der Waals surface area (Å²) in [4.78, 5) is 0. The number of aryl methyl sites for hydroxylation is 1. The lowest BCUT2D eigenvalue weighted by atomic mass is 9.95. The van der Waals surface area contributed by atoms with Gasteiger partial charge in [-0.2, -0.15) is 0 Å². The van der Waals surface area contributed by atoms with Gasteiger partial charge >= 0.3 is 0 Å². The van der Waals surface area contributed by atoms with Crippen LogP contribution in [0, 0.1) is 24.6 Å². The lowest BCUT2D eigenvalue weighted by molar-refractivity contribution is 0.403. The molecule has 2 unspecified atom stereocenters. The third kappa shape index (κ3) is 4.62. The minimum atomic E-state index is -1.33. The van der Waals surface area contributed by atoms with Gasteiger partial charge in [-0.25, -0.2) is 4.39 Å². The lowest BCUT2D eigenvalue weighted by Gasteiger charge is -2.22. The SMILES string of the molecule is Cc1ccc(F)c(C=N[S+]([O-])[C@@H](C)C(C)C(C)C)c1. The summed E-state index contributed by atoms with van der Waals surface area (Å²) in [6.07, 6.45) is 1.38. The van der Waals surface area contributed by atoms with Crippen molar-refractivity contribution in [2.45, 2.75) is 39.9 Å². The molecule has 0 aliphatic carbocycles. The smallest absolute Gasteiger partial charge is 0.143 e. The Kier molecular flexibility index (Phi) is 6.01. The van der Waals surface area contributed by atoms with Gasteiger partial charge in [-0.15, -0.1) is 0 Å². The second-order valence-electron chi connectivity index (χ2n) is 5.34. The third-order valence-corrected chi connectivity index (χ3v) is 4.94. The molecule has 4 heteroatoms. The molecule has 0 aliphatic rings. The molecule has 1 aromatic rings. The highest BCUT2D eigenvalue weighted by Crippen LogP contribution is 2.21. The van der Waals surface area contributed by atoms with E-state index in [1.54, 1.807) is 12.1 Å². The van der Waals surface area contributed by atoms with Crippen molar-refractivity contribution in [3.05, 3.63) is 35.1 Å². The maximum absolute atomic E-state index is 13.5. The maximum Gasteiger partial charge on any atom is 0.143 e. The normalized spacial score (nSPS) is 16.8. The Morgan fingerprint density at radius 2 is 1.89 bits per heavy atom. The maximum atomic E-state index is 13.5. The Bertz CT molecular complexity index is 448. The molecule has 0 aliphatic heterocycles. The van der Waals surface area contributed by atoms with E-state index in [1.165, 1.54) is 12.3 Å². The molecule has 0 saturated carbocycles. The minimum absolute atomic E-state index is 0.0379. The van der Waals surface area contributed by atoms with Crippen LogP contribution in [0.5, 0.6) is 0 Å². The number of benzene rings is 1. The lowest BCUT2D eigenvalue weighted by Crippen LogP contribution is -2.27. The molecule has 0 N–H and O–H groups in total. The second kappa shape index (κ2) is 7.06. The van der Waals surface area contributed by atoms with Gasteiger partial charge in [-0.1, -0.05) is 36.8 Å². The standard InChI is InChI=1S/C15H22FNOS/c1-10(2)12(4)13(5)19(18)17-9-14-8-11(3)6-7-15(14)16/h6-10,12-13H,1-5H3/t12?,13-,19?/m0/s1. The van der Waals surface area contributed by atoms with Gasteiger partial charge in [0.15, 0.2) is 0 Å². The highest BCUT2D eigenvalue weighted by Gasteiger charge is 2.26. The quantitative estimate of drug-likeness (QED) is 0.596. The monoisotopic (exact) mass is 283 g/mol. The van der Waals surface area contributed by atoms with Crippen LogP contribution < -0.4 is 0 Å². The number of halogens is 1. The number of hydrogen-bond acceptors (Lipinski definition) is 2. The van der Waals surface area contributed by atoms with Crippen molar-refractivity contribution in [3.8, 4) is 0 Å². The van der Waals surface area contributed by atoms with Gasteiger partial charge in [0.05, 0.1) is 17.6 Å². The number of nitrogens with zero attached hydrogens (tertiary/aromatic N) is 1. The summed E-state index contributed by atoms with van der Waals surface area (Å²) < 4.78 is 29.6. The van der Waals surface area contributed by atoms with E-state index >= 15 is 0 Å². The molecule has 1 aromatic carbocycles. The first kappa shape index (κ1) is 16.2. The van der Waals surface area contributed by atoms with E-state index in [2.05, 4.69) is 25.2 Å². The van der Waals surface area contributed by atoms with E-state index in [9.17, 15) is 8.94 Å². The Balaban J connectivity index is 2.78. The molecule has 106 valence electrons. The van der Waals surface area contributed by atoms with Crippen LogP contribution in [0.3, 0.4) is 0 Å². The average Bonchev–Trinajstić information content (AvgIpc) is 2.37. The number of hydrogen-bond donors (Lipinski definition) is 0. The summed E-state index contributed by atoms with van der Waals surface area (Å²) >= 11 is -1.33. The van der Waals surface area contributed by atoms with Gasteiger partial charge < -0.3 is 4.55 Å². The predicted molar refractivity (Wildman–Crippen MR) is 80.3 cm³/mol. The van der Waals surface area contributed by atoms with Crippen LogP contribution in [-0.2, 0) is 11.4 Å². The zero-order valence-electron chi connectivity index (χ0n) is 12.2. The van der Waals surface area contributed by atoms with E-state index in [0.717, 1.165) is 5.56 Å². The fourth-order valence-corrected chi connectivity index (χ4v) is 2.78. The topological polar surface area (TPSA) is 35.4 Å². The fourth-order valence-electron chi connectivity index (χ4n) is 1.69. The van der Waals surface area contributed by atoms with Crippen molar-refractivity contribution in [1.29, 1.82) is 0 Å². The van der Waals surface area contributed by atoms with E-state index in [0.29, 0.717) is 17.4 Å². The summed E-state index contributed by atoms with van der Waals surface area (Å²) in [5.74, 6) is 0.418. The van der Waals surface area contributed by atoms with Gasteiger partial charge in [-0.3, -0.25) is 0 Å². The zero-order valence-corrected chi connectivity index (χ0v) is 13.0. The molecule has 1 rings (SSSR count). The van der Waals surface area contributed by atoms with E-state index < -0.39 is 11.4 Å². The molecule has 0 spiro atoms. The van der Waals surface area contributed by atoms with Crippen molar-refractivity contribution >= 4 is 17.6 Å². The molecule has 0 bridgehead atoms. The van der Waals surface area contributed by atoms with Gasteiger partial charge in [0.25, 0.3) is 0 Å². The van der Waals surface area contributed by atoms with Crippen LogP contribution in [0.4, 0.5) is 4.39 Å². The molecule has 3 atom stereocenters. The van der Waals surface area contributed by atoms with Crippen molar-refractivity contribution in [3.63, 3.8) is 0 Å². The summed E-state index contributed by atoms with van der Waals surface area (Å²) in [6.45, 7) is 10.1. The van der Waals surface area contributed by atoms with Crippen molar-refractivity contribution in [2.75, 3.05) is 0 Å². The van der Waals surface area contributed by atoms with Gasteiger partial charge in [0.2, 0.25) is 0 Å². The summed E-state index contributed by atoms with van der Waals surface area (Å²) in [5, 5.41) is -0.0379. The molecular formula is C15H22FNOS. The molecule has 19 heavy (non-hydrogen) atoms. The van der Waals surface area contributed by atoms with E-state index in [4.69, 9.17) is 0 Å². The molecule has 0 radical (unpaired) electrons. The third-order valence-electron chi connectivity index (χ3n) is 3.56. The average molecular weight is 283 g/mol. The van der Waals surface area contributed by atoms with Crippen LogP contribution in [0.25, 0.3) is 0 Å². The highest BCUT2D eigenvalue weighted by molar-refractivity contribution is 7.90. The Morgan fingerprint density at radius 1 is 1.26 bits per heavy atom. The van der Waals surface area contributed by atoms with Crippen LogP contribution in [0.15, 0.2) is 22.6 Å². The van der Waals surface area contributed by atoms with Crippen LogP contribution in [-0.4, -0.2) is 16.0 Å². The Hall–Kier alpha value is -0.870. The van der Waals surface area contributed by atoms with Crippen LogP contribution >= 0.6 is 0 Å². The molecule has 0 saturated heterocycles. The second-order valence-corrected chi connectivity index (χ2v) is 6.85. The van der Waals surface area contributed by atoms with E-state index in [1.807, 2.05) is 13.8 Å². The first-order valence-electron chi connectivity index (χ1n) is 6.53. The van der Waals surface area contributed by atoms with Crippen molar-refractivity contribution < 1.29 is 8.94 Å². The molecule has 0 amide bonds. The summed E-state index contributed by atoms with van der Waals surface area (Å²) in [6, 6.07) is 4.81. The first-order chi connectivity index (χ1) is 8.82. The van der Waals surface area contributed by atoms with Gasteiger partial charge in [-0.05, 0) is 31.9 Å². The van der Waals surface area contributed by atoms with Crippen LogP contribution in [0.1, 0.15) is 38.8 Å². The van der Waals surface area contributed by atoms with Gasteiger partial charge in [0, 0.05) is 11.5 Å². The Labute approximate surface area is 118 Å². The largest absolute Gasteiger partial charge is 0.591 e. The highest BCUT2D eigenvalue weighted by atomic mass is 32.2. The number of rotatable bonds is 5. The molecular weight excluding hydrogens is 261 g/mol. The van der Waals surface area contributed by atoms with Crippen molar-refractivity contribution in [2.24, 2.45) is 16.2 Å². The minimum Gasteiger partial charge on any atom is -0.591 e. The molecule has 2 nitrogen and oxygen atoms in total. The Morgan fingerprint density at radius 3 is 2.47 bits per heavy atom. The molecule has 0 fully saturated rings. The molecule has 0 heterocycles. The van der Waals surface area contributed by atoms with E-state index in [-0.39, 0.29) is 11.1 Å². The summed E-state index contributed by atoms with van der Waals surface area (Å²) in [5.41, 5.74) is 1.34. The van der Waals surface area contributed by atoms with Crippen molar-refractivity contribution in [1.82, 2.24) is 0 Å². The fraction of sp³-hybridized carbons (Fsp3) is 0.533. The molecule has 0 aromatic heterocycles. The van der Waals surface area contributed by atoms with Gasteiger partial charge in [0.1, 0.15) is 11.1 Å². The zero-order chi connectivity index (χ0) is 14.6. The van der Waals surface area contributed by atoms with Crippen LogP contribution in [0.2, 0.25) is 0 Å². The first-order valence-corrected chi connectivity index (χ1v) is 7.70. The predicted octanol–water partition coefficient (Wildman–Crippen LogP) is 3.90. The summed E-state index contributed by atoms with van der Waals surface area (Å²) in [7, 11) is 0.